The van der Waals surface area contributed by atoms with Crippen molar-refractivity contribution in [1.82, 2.24) is 4.31 Å². The second kappa shape index (κ2) is 9.97. The number of nitrogens with zero attached hydrogens (tertiary/aromatic N) is 1. The van der Waals surface area contributed by atoms with Crippen molar-refractivity contribution in [3.05, 3.63) is 60.2 Å². The molecule has 4 nitrogen and oxygen atoms in total. The number of unbranched alkanes of at least 4 members (excludes halogenated alkanes) is 1. The highest BCUT2D eigenvalue weighted by molar-refractivity contribution is 8.22. The molecular formula is C21H31NO3S. The van der Waals surface area contributed by atoms with Gasteiger partial charge in [-0.25, -0.2) is 4.31 Å². The Balaban J connectivity index is 1.99. The first-order chi connectivity index (χ1) is 12.4. The summed E-state index contributed by atoms with van der Waals surface area (Å²) < 4.78 is 28.8. The highest BCUT2D eigenvalue weighted by Gasteiger charge is 2.25. The molecule has 0 aromatic heterocycles. The van der Waals surface area contributed by atoms with Crippen molar-refractivity contribution in [2.75, 3.05) is 20.2 Å². The number of ether oxygens (including phenoxy) is 1. The molecule has 0 aliphatic rings. The molecule has 0 spiro atoms. The zero-order valence-corrected chi connectivity index (χ0v) is 16.8. The molecule has 0 heterocycles. The normalized spacial score (nSPS) is 12.6. The minimum atomic E-state index is -2.99. The van der Waals surface area contributed by atoms with Crippen molar-refractivity contribution in [2.24, 2.45) is 5.92 Å². The molecule has 2 N–H and O–H groups in total. The summed E-state index contributed by atoms with van der Waals surface area (Å²) in [6.07, 6.45) is 2.96. The molecule has 5 heteroatoms. The molecule has 26 heavy (non-hydrogen) atoms. The number of hydrogen-bond donors (Lipinski definition) is 2. The lowest BCUT2D eigenvalue weighted by Gasteiger charge is -2.44. The molecular weight excluding hydrogens is 346 g/mol. The molecule has 0 saturated carbocycles. The minimum Gasteiger partial charge on any atom is -0.497 e. The summed E-state index contributed by atoms with van der Waals surface area (Å²) in [4.78, 5) is 0.544. The van der Waals surface area contributed by atoms with Crippen LogP contribution in [0.15, 0.2) is 59.5 Å². The highest BCUT2D eigenvalue weighted by Crippen LogP contribution is 2.52. The van der Waals surface area contributed by atoms with Crippen molar-refractivity contribution in [2.45, 2.75) is 38.0 Å². The van der Waals surface area contributed by atoms with Crippen molar-refractivity contribution in [3.8, 4) is 5.75 Å². The number of methoxy groups -OCH3 is 1. The fourth-order valence-corrected chi connectivity index (χ4v) is 4.59. The van der Waals surface area contributed by atoms with Gasteiger partial charge in [0.25, 0.3) is 0 Å². The van der Waals surface area contributed by atoms with Gasteiger partial charge in [-0.3, -0.25) is 9.11 Å². The average molecular weight is 378 g/mol. The van der Waals surface area contributed by atoms with Gasteiger partial charge in [0.1, 0.15) is 5.75 Å². The lowest BCUT2D eigenvalue weighted by molar-refractivity contribution is 0.314. The van der Waals surface area contributed by atoms with Crippen molar-refractivity contribution in [3.63, 3.8) is 0 Å². The molecule has 2 aromatic carbocycles. The molecule has 0 aliphatic heterocycles. The molecule has 0 atom stereocenters. The zero-order chi connectivity index (χ0) is 19.0. The minimum absolute atomic E-state index is 0.355. The number of aryl methyl sites for hydroxylation is 1. The SMILES string of the molecule is COc1ccc(S(O)(O)N(CCCCc2ccccc2)CC(C)C)cc1. The molecule has 0 saturated heterocycles. The van der Waals surface area contributed by atoms with Crippen molar-refractivity contribution < 1.29 is 13.8 Å². The van der Waals surface area contributed by atoms with Crippen LogP contribution in [-0.2, 0) is 6.42 Å². The van der Waals surface area contributed by atoms with Gasteiger partial charge >= 0.3 is 0 Å². The van der Waals surface area contributed by atoms with Crippen LogP contribution in [0.2, 0.25) is 0 Å². The molecule has 144 valence electrons. The van der Waals surface area contributed by atoms with E-state index in [2.05, 4.69) is 38.1 Å². The molecule has 2 rings (SSSR count). The number of hydrogen-bond acceptors (Lipinski definition) is 4. The highest BCUT2D eigenvalue weighted by atomic mass is 32.3. The van der Waals surface area contributed by atoms with E-state index in [1.165, 1.54) is 5.56 Å². The molecule has 0 amide bonds. The van der Waals surface area contributed by atoms with E-state index < -0.39 is 10.8 Å². The van der Waals surface area contributed by atoms with Crippen LogP contribution < -0.4 is 4.74 Å². The van der Waals surface area contributed by atoms with E-state index >= 15 is 0 Å². The van der Waals surface area contributed by atoms with Gasteiger partial charge in [0.2, 0.25) is 0 Å². The van der Waals surface area contributed by atoms with Gasteiger partial charge in [-0.15, -0.1) is 10.8 Å². The molecule has 0 radical (unpaired) electrons. The van der Waals surface area contributed by atoms with Gasteiger partial charge in [-0.2, -0.15) is 0 Å². The van der Waals surface area contributed by atoms with E-state index in [-0.39, 0.29) is 0 Å². The third-order valence-corrected chi connectivity index (χ3v) is 6.23. The lowest BCUT2D eigenvalue weighted by Crippen LogP contribution is -2.32. The predicted molar refractivity (Wildman–Crippen MR) is 110 cm³/mol. The standard InChI is InChI=1S/C21H31NO3S/c1-18(2)17-22(16-8-7-11-19-9-5-4-6-10-19)26(23,24)21-14-12-20(25-3)13-15-21/h4-6,9-10,12-15,18,23-24H,7-8,11,16-17H2,1-3H3. The Morgan fingerprint density at radius 1 is 0.962 bits per heavy atom. The average Bonchev–Trinajstić information content (AvgIpc) is 2.64. The molecule has 0 bridgehead atoms. The summed E-state index contributed by atoms with van der Waals surface area (Å²) >= 11 is 0. The molecule has 0 aliphatic carbocycles. The second-order valence-electron chi connectivity index (χ2n) is 6.92. The van der Waals surface area contributed by atoms with E-state index in [4.69, 9.17) is 4.74 Å². The summed E-state index contributed by atoms with van der Waals surface area (Å²) in [6, 6.07) is 17.4. The van der Waals surface area contributed by atoms with Crippen LogP contribution in [0.4, 0.5) is 0 Å². The van der Waals surface area contributed by atoms with Gasteiger partial charge in [0, 0.05) is 13.1 Å². The third-order valence-electron chi connectivity index (χ3n) is 4.27. The van der Waals surface area contributed by atoms with Crippen LogP contribution in [0.5, 0.6) is 5.75 Å². The van der Waals surface area contributed by atoms with Gasteiger partial charge in [-0.05, 0) is 55.0 Å². The van der Waals surface area contributed by atoms with Crippen LogP contribution in [0, 0.1) is 5.92 Å². The lowest BCUT2D eigenvalue weighted by atomic mass is 10.1. The van der Waals surface area contributed by atoms with E-state index in [1.807, 2.05) is 10.4 Å². The van der Waals surface area contributed by atoms with Crippen LogP contribution >= 0.6 is 10.8 Å². The Labute approximate surface area is 159 Å². The van der Waals surface area contributed by atoms with E-state index in [1.54, 1.807) is 31.4 Å². The maximum absolute atomic E-state index is 10.9. The first kappa shape index (κ1) is 20.8. The summed E-state index contributed by atoms with van der Waals surface area (Å²) in [5, 5.41) is 0. The fraction of sp³-hybridized carbons (Fsp3) is 0.429. The number of benzene rings is 2. The van der Waals surface area contributed by atoms with Gasteiger partial charge in [0.05, 0.1) is 12.0 Å². The van der Waals surface area contributed by atoms with E-state index in [9.17, 15) is 9.11 Å². The van der Waals surface area contributed by atoms with Crippen LogP contribution in [0.1, 0.15) is 32.3 Å². The predicted octanol–water partition coefficient (Wildman–Crippen LogP) is 5.70. The Hall–Kier alpha value is -1.53. The van der Waals surface area contributed by atoms with Crippen molar-refractivity contribution in [1.29, 1.82) is 0 Å². The second-order valence-corrected chi connectivity index (χ2v) is 8.94. The fourth-order valence-electron chi connectivity index (χ4n) is 2.90. The summed E-state index contributed by atoms with van der Waals surface area (Å²) in [6.45, 7) is 5.51. The Morgan fingerprint density at radius 2 is 1.62 bits per heavy atom. The van der Waals surface area contributed by atoms with Gasteiger partial charge in [-0.1, -0.05) is 44.2 Å². The van der Waals surface area contributed by atoms with Gasteiger partial charge < -0.3 is 4.74 Å². The summed E-state index contributed by atoms with van der Waals surface area (Å²) in [7, 11) is -1.39. The number of rotatable bonds is 10. The Morgan fingerprint density at radius 3 is 2.19 bits per heavy atom. The maximum atomic E-state index is 10.9. The first-order valence-corrected chi connectivity index (χ1v) is 10.6. The van der Waals surface area contributed by atoms with Crippen LogP contribution in [-0.4, -0.2) is 33.6 Å². The van der Waals surface area contributed by atoms with E-state index in [0.29, 0.717) is 29.7 Å². The van der Waals surface area contributed by atoms with Crippen molar-refractivity contribution >= 4 is 10.8 Å². The largest absolute Gasteiger partial charge is 0.497 e. The quantitative estimate of drug-likeness (QED) is 0.521. The molecule has 2 aromatic rings. The summed E-state index contributed by atoms with van der Waals surface area (Å²) in [5.41, 5.74) is 1.32. The molecule has 0 fully saturated rings. The monoisotopic (exact) mass is 377 g/mol. The third kappa shape index (κ3) is 6.02. The maximum Gasteiger partial charge on any atom is 0.118 e. The Bertz CT molecular complexity index is 644. The van der Waals surface area contributed by atoms with E-state index in [0.717, 1.165) is 19.3 Å². The smallest absolute Gasteiger partial charge is 0.118 e. The van der Waals surface area contributed by atoms with Crippen LogP contribution in [0.3, 0.4) is 0 Å². The van der Waals surface area contributed by atoms with Gasteiger partial charge in [0.15, 0.2) is 0 Å². The topological polar surface area (TPSA) is 52.9 Å². The summed E-state index contributed by atoms with van der Waals surface area (Å²) in [5.74, 6) is 1.07. The zero-order valence-electron chi connectivity index (χ0n) is 16.0. The van der Waals surface area contributed by atoms with Crippen LogP contribution in [0.25, 0.3) is 0 Å². The Kier molecular flexibility index (Phi) is 7.97. The molecule has 0 unspecified atom stereocenters. The first-order valence-electron chi connectivity index (χ1n) is 9.15.